The number of amides is 2. The van der Waals surface area contributed by atoms with E-state index in [4.69, 9.17) is 4.74 Å². The largest absolute Gasteiger partial charge is 0.497 e. The molecule has 0 radical (unpaired) electrons. The molecule has 4 aromatic rings. The van der Waals surface area contributed by atoms with Gasteiger partial charge in [-0.25, -0.2) is 19.2 Å². The lowest BCUT2D eigenvalue weighted by molar-refractivity contribution is 0.199. The first-order valence-electron chi connectivity index (χ1n) is 11.4. The van der Waals surface area contributed by atoms with Gasteiger partial charge >= 0.3 is 6.03 Å². The third-order valence-corrected chi connectivity index (χ3v) is 7.35. The number of hydrogen-bond donors (Lipinski definition) is 1. The molecule has 0 spiro atoms. The fourth-order valence-corrected chi connectivity index (χ4v) is 5.32. The number of thiophene rings is 1. The van der Waals surface area contributed by atoms with Gasteiger partial charge in [0.25, 0.3) is 0 Å². The van der Waals surface area contributed by atoms with E-state index in [1.165, 1.54) is 12.1 Å². The molecule has 1 N–H and O–H groups in total. The molecule has 0 saturated heterocycles. The molecule has 0 bridgehead atoms. The third-order valence-electron chi connectivity index (χ3n) is 6.17. The van der Waals surface area contributed by atoms with Gasteiger partial charge in [-0.1, -0.05) is 30.3 Å². The Balaban J connectivity index is 1.30. The van der Waals surface area contributed by atoms with Crippen LogP contribution in [0.4, 0.5) is 9.18 Å². The molecule has 2 amide bonds. The van der Waals surface area contributed by atoms with Crippen molar-refractivity contribution in [1.82, 2.24) is 20.2 Å². The van der Waals surface area contributed by atoms with Crippen molar-refractivity contribution >= 4 is 33.2 Å². The molecule has 35 heavy (non-hydrogen) atoms. The molecule has 1 aliphatic heterocycles. The van der Waals surface area contributed by atoms with Crippen LogP contribution >= 0.6 is 11.3 Å². The second kappa shape index (κ2) is 9.84. The molecule has 5 rings (SSSR count). The van der Waals surface area contributed by atoms with E-state index in [1.54, 1.807) is 41.8 Å². The number of nitrogens with one attached hydrogen (secondary N) is 1. The zero-order chi connectivity index (χ0) is 24.4. The Bertz CT molecular complexity index is 1400. The third kappa shape index (κ3) is 4.88. The number of benzene rings is 2. The summed E-state index contributed by atoms with van der Waals surface area (Å²) in [5.41, 5.74) is 4.82. The Morgan fingerprint density at radius 1 is 1.17 bits per heavy atom. The summed E-state index contributed by atoms with van der Waals surface area (Å²) >= 11 is 1.60. The van der Waals surface area contributed by atoms with Crippen LogP contribution in [0.5, 0.6) is 5.75 Å². The molecule has 1 atom stereocenters. The summed E-state index contributed by atoms with van der Waals surface area (Å²) < 4.78 is 19.6. The SMILES string of the molecule is COc1cccc([C@H](C)NC(=O)N2CC=C(c3ncnc4cc(-c5ccc(F)cc5)sc34)CC2)c1. The number of urea groups is 1. The number of carbonyl (C=O) groups is 1. The van der Waals surface area contributed by atoms with Gasteiger partial charge in [-0.3, -0.25) is 0 Å². The van der Waals surface area contributed by atoms with Crippen LogP contribution in [-0.4, -0.2) is 41.1 Å². The van der Waals surface area contributed by atoms with Gasteiger partial charge in [0.05, 0.1) is 29.1 Å². The molecule has 178 valence electrons. The summed E-state index contributed by atoms with van der Waals surface area (Å²) in [7, 11) is 1.63. The van der Waals surface area contributed by atoms with Gasteiger partial charge in [0, 0.05) is 18.0 Å². The highest BCUT2D eigenvalue weighted by Gasteiger charge is 2.22. The number of hydrogen-bond acceptors (Lipinski definition) is 5. The highest BCUT2D eigenvalue weighted by Crippen LogP contribution is 2.37. The number of rotatable bonds is 5. The Morgan fingerprint density at radius 2 is 2.00 bits per heavy atom. The maximum Gasteiger partial charge on any atom is 0.318 e. The summed E-state index contributed by atoms with van der Waals surface area (Å²) in [5.74, 6) is 0.510. The predicted octanol–water partition coefficient (Wildman–Crippen LogP) is 6.07. The van der Waals surface area contributed by atoms with Crippen molar-refractivity contribution in [3.8, 4) is 16.2 Å². The predicted molar refractivity (Wildman–Crippen MR) is 137 cm³/mol. The monoisotopic (exact) mass is 488 g/mol. The Morgan fingerprint density at radius 3 is 2.74 bits per heavy atom. The van der Waals surface area contributed by atoms with Gasteiger partial charge in [0.15, 0.2) is 0 Å². The van der Waals surface area contributed by atoms with E-state index in [1.807, 2.05) is 37.3 Å². The van der Waals surface area contributed by atoms with Crippen molar-refractivity contribution < 1.29 is 13.9 Å². The van der Waals surface area contributed by atoms with Crippen LogP contribution in [0.1, 0.15) is 30.6 Å². The molecule has 3 heterocycles. The van der Waals surface area contributed by atoms with Gasteiger partial charge in [0.2, 0.25) is 0 Å². The van der Waals surface area contributed by atoms with Crippen LogP contribution in [0.15, 0.2) is 67.0 Å². The molecule has 8 heteroatoms. The van der Waals surface area contributed by atoms with Gasteiger partial charge in [-0.15, -0.1) is 11.3 Å². The smallest absolute Gasteiger partial charge is 0.318 e. The number of halogens is 1. The highest BCUT2D eigenvalue weighted by atomic mass is 32.1. The summed E-state index contributed by atoms with van der Waals surface area (Å²) in [6, 6.07) is 16.0. The van der Waals surface area contributed by atoms with Crippen LogP contribution in [0.2, 0.25) is 0 Å². The van der Waals surface area contributed by atoms with Crippen molar-refractivity contribution in [2.75, 3.05) is 20.2 Å². The highest BCUT2D eigenvalue weighted by molar-refractivity contribution is 7.22. The second-order valence-electron chi connectivity index (χ2n) is 8.43. The zero-order valence-corrected chi connectivity index (χ0v) is 20.3. The molecule has 0 aliphatic carbocycles. The van der Waals surface area contributed by atoms with E-state index < -0.39 is 0 Å². The lowest BCUT2D eigenvalue weighted by Crippen LogP contribution is -2.43. The number of methoxy groups -OCH3 is 1. The molecule has 6 nitrogen and oxygen atoms in total. The summed E-state index contributed by atoms with van der Waals surface area (Å²) in [5, 5.41) is 3.08. The molecule has 0 fully saturated rings. The fraction of sp³-hybridized carbons (Fsp3) is 0.222. The first-order valence-corrected chi connectivity index (χ1v) is 12.2. The Hall–Kier alpha value is -3.78. The van der Waals surface area contributed by atoms with E-state index in [0.29, 0.717) is 19.5 Å². The van der Waals surface area contributed by atoms with Gasteiger partial charge < -0.3 is 15.0 Å². The van der Waals surface area contributed by atoms with E-state index >= 15 is 0 Å². The average molecular weight is 489 g/mol. The fourth-order valence-electron chi connectivity index (χ4n) is 4.18. The topological polar surface area (TPSA) is 67.3 Å². The van der Waals surface area contributed by atoms with Crippen molar-refractivity contribution in [1.29, 1.82) is 0 Å². The van der Waals surface area contributed by atoms with Crippen molar-refractivity contribution in [2.45, 2.75) is 19.4 Å². The molecule has 0 saturated carbocycles. The number of aromatic nitrogens is 2. The van der Waals surface area contributed by atoms with Gasteiger partial charge in [-0.2, -0.15) is 0 Å². The number of ether oxygens (including phenoxy) is 1. The van der Waals surface area contributed by atoms with E-state index in [-0.39, 0.29) is 17.9 Å². The van der Waals surface area contributed by atoms with E-state index in [2.05, 4.69) is 21.4 Å². The van der Waals surface area contributed by atoms with E-state index in [9.17, 15) is 9.18 Å². The lowest BCUT2D eigenvalue weighted by atomic mass is 10.0. The average Bonchev–Trinajstić information content (AvgIpc) is 3.34. The first kappa shape index (κ1) is 23.0. The minimum absolute atomic E-state index is 0.0989. The minimum Gasteiger partial charge on any atom is -0.497 e. The molecule has 2 aromatic heterocycles. The molecule has 0 unspecified atom stereocenters. The Labute approximate surface area is 207 Å². The Kier molecular flexibility index (Phi) is 6.46. The molecule has 1 aliphatic rings. The van der Waals surface area contributed by atoms with Gasteiger partial charge in [-0.05, 0) is 60.4 Å². The minimum atomic E-state index is -0.255. The second-order valence-corrected chi connectivity index (χ2v) is 9.48. The number of nitrogens with zero attached hydrogens (tertiary/aromatic N) is 3. The van der Waals surface area contributed by atoms with Crippen LogP contribution in [-0.2, 0) is 0 Å². The summed E-state index contributed by atoms with van der Waals surface area (Å²) in [6.45, 7) is 3.07. The maximum absolute atomic E-state index is 13.3. The summed E-state index contributed by atoms with van der Waals surface area (Å²) in [4.78, 5) is 24.7. The number of carbonyl (C=O) groups excluding carboxylic acids is 1. The van der Waals surface area contributed by atoms with Crippen LogP contribution in [0.3, 0.4) is 0 Å². The van der Waals surface area contributed by atoms with Crippen LogP contribution in [0, 0.1) is 5.82 Å². The van der Waals surface area contributed by atoms with Crippen LogP contribution in [0.25, 0.3) is 26.2 Å². The molecule has 2 aromatic carbocycles. The lowest BCUT2D eigenvalue weighted by Gasteiger charge is -2.28. The van der Waals surface area contributed by atoms with Gasteiger partial charge in [0.1, 0.15) is 17.9 Å². The zero-order valence-electron chi connectivity index (χ0n) is 19.5. The quantitative estimate of drug-likeness (QED) is 0.370. The van der Waals surface area contributed by atoms with E-state index in [0.717, 1.165) is 43.2 Å². The standard InChI is InChI=1S/C27H25FN4O2S/c1-17(20-4-3-5-22(14-20)34-2)31-27(33)32-12-10-19(11-13-32)25-26-23(29-16-30-25)15-24(35-26)18-6-8-21(28)9-7-18/h3-10,14-17H,11-13H2,1-2H3,(H,31,33)/t17-/m0/s1. The van der Waals surface area contributed by atoms with Crippen LogP contribution < -0.4 is 10.1 Å². The molecular weight excluding hydrogens is 463 g/mol. The van der Waals surface area contributed by atoms with Crippen molar-refractivity contribution in [3.05, 3.63) is 84.1 Å². The maximum atomic E-state index is 13.3. The first-order chi connectivity index (χ1) is 17.0. The summed E-state index contributed by atoms with van der Waals surface area (Å²) in [6.07, 6.45) is 4.35. The normalized spacial score (nSPS) is 14.5. The molecular formula is C27H25FN4O2S. The number of fused-ring (bicyclic) bond motifs is 1. The van der Waals surface area contributed by atoms with Crippen molar-refractivity contribution in [3.63, 3.8) is 0 Å². The van der Waals surface area contributed by atoms with Crippen molar-refractivity contribution in [2.24, 2.45) is 0 Å².